The molecule has 2 heteroatoms. The van der Waals surface area contributed by atoms with Crippen LogP contribution in [0.15, 0.2) is 237 Å². The highest BCUT2D eigenvalue weighted by Crippen LogP contribution is 2.56. The van der Waals surface area contributed by atoms with E-state index in [1.165, 1.54) is 86.6 Å². The number of anilines is 3. The SMILES string of the molecule is c1ccc(C2(c3ccc(N(c4ccc(-c5cccc6ccccc56)cc4)c4cccc(-c5ccc6sc7ccccc7c6c5)c4)cc3)c3ccccc3-c3ccccc32)cc1. The van der Waals surface area contributed by atoms with Gasteiger partial charge in [0.05, 0.1) is 5.41 Å². The fraction of sp³-hybridized carbons (Fsp3) is 0.0169. The predicted molar refractivity (Wildman–Crippen MR) is 260 cm³/mol. The third-order valence-corrected chi connectivity index (χ3v) is 13.9. The molecule has 1 aromatic heterocycles. The third kappa shape index (κ3) is 5.68. The van der Waals surface area contributed by atoms with E-state index in [9.17, 15) is 0 Å². The van der Waals surface area contributed by atoms with Gasteiger partial charge in [-0.1, -0.05) is 182 Å². The second kappa shape index (κ2) is 14.3. The molecule has 11 aromatic rings. The molecular weight excluding hydrogens is 755 g/mol. The number of thiophene rings is 1. The average molecular weight is 794 g/mol. The molecule has 0 N–H and O–H groups in total. The van der Waals surface area contributed by atoms with Gasteiger partial charge in [0.1, 0.15) is 0 Å². The van der Waals surface area contributed by atoms with Crippen molar-refractivity contribution in [2.75, 3.05) is 4.90 Å². The molecule has 0 atom stereocenters. The van der Waals surface area contributed by atoms with E-state index in [2.05, 4.69) is 241 Å². The maximum Gasteiger partial charge on any atom is 0.0713 e. The van der Waals surface area contributed by atoms with Crippen molar-refractivity contribution in [3.63, 3.8) is 0 Å². The Morgan fingerprint density at radius 1 is 0.311 bits per heavy atom. The molecule has 0 radical (unpaired) electrons. The minimum absolute atomic E-state index is 0.456. The zero-order valence-corrected chi connectivity index (χ0v) is 34.2. The summed E-state index contributed by atoms with van der Waals surface area (Å²) >= 11 is 1.86. The summed E-state index contributed by atoms with van der Waals surface area (Å²) in [7, 11) is 0. The monoisotopic (exact) mass is 793 g/mol. The van der Waals surface area contributed by atoms with Gasteiger partial charge < -0.3 is 4.90 Å². The largest absolute Gasteiger partial charge is 0.310 e. The summed E-state index contributed by atoms with van der Waals surface area (Å²) < 4.78 is 2.64. The highest BCUT2D eigenvalue weighted by molar-refractivity contribution is 7.25. The number of rotatable bonds is 7. The lowest BCUT2D eigenvalue weighted by Crippen LogP contribution is -2.28. The molecule has 0 aliphatic heterocycles. The van der Waals surface area contributed by atoms with Gasteiger partial charge in [0, 0.05) is 37.2 Å². The predicted octanol–water partition coefficient (Wildman–Crippen LogP) is 16.4. The molecule has 0 fully saturated rings. The number of hydrogen-bond donors (Lipinski definition) is 0. The molecule has 0 spiro atoms. The van der Waals surface area contributed by atoms with Crippen molar-refractivity contribution in [2.24, 2.45) is 0 Å². The Labute approximate surface area is 360 Å². The van der Waals surface area contributed by atoms with Gasteiger partial charge in [-0.25, -0.2) is 0 Å². The summed E-state index contributed by atoms with van der Waals surface area (Å²) in [6.45, 7) is 0. The van der Waals surface area contributed by atoms with E-state index in [0.29, 0.717) is 0 Å². The summed E-state index contributed by atoms with van der Waals surface area (Å²) in [4.78, 5) is 2.41. The Kier molecular flexibility index (Phi) is 8.33. The lowest BCUT2D eigenvalue weighted by atomic mass is 9.68. The van der Waals surface area contributed by atoms with Crippen molar-refractivity contribution in [1.29, 1.82) is 0 Å². The van der Waals surface area contributed by atoms with E-state index in [1.54, 1.807) is 0 Å². The van der Waals surface area contributed by atoms with E-state index in [0.717, 1.165) is 17.1 Å². The highest BCUT2D eigenvalue weighted by atomic mass is 32.1. The van der Waals surface area contributed by atoms with E-state index in [1.807, 2.05) is 11.3 Å². The Morgan fingerprint density at radius 2 is 0.852 bits per heavy atom. The molecule has 1 aliphatic carbocycles. The van der Waals surface area contributed by atoms with Gasteiger partial charge in [-0.2, -0.15) is 0 Å². The van der Waals surface area contributed by atoms with Crippen molar-refractivity contribution in [2.45, 2.75) is 5.41 Å². The molecule has 1 nitrogen and oxygen atoms in total. The molecule has 0 saturated heterocycles. The summed E-state index contributed by atoms with van der Waals surface area (Å²) in [5.74, 6) is 0. The first kappa shape index (κ1) is 35.4. The molecule has 10 aromatic carbocycles. The Bertz CT molecular complexity index is 3360. The van der Waals surface area contributed by atoms with E-state index in [4.69, 9.17) is 0 Å². The fourth-order valence-corrected chi connectivity index (χ4v) is 11.1. The number of benzene rings is 10. The summed E-state index contributed by atoms with van der Waals surface area (Å²) in [5.41, 5.74) is 15.4. The van der Waals surface area contributed by atoms with Crippen LogP contribution in [0.2, 0.25) is 0 Å². The molecule has 0 saturated carbocycles. The first-order valence-corrected chi connectivity index (χ1v) is 21.8. The molecular formula is C59H39NS. The van der Waals surface area contributed by atoms with Gasteiger partial charge in [-0.3, -0.25) is 0 Å². The Balaban J connectivity index is 1.01. The van der Waals surface area contributed by atoms with Gasteiger partial charge in [-0.15, -0.1) is 11.3 Å². The lowest BCUT2D eigenvalue weighted by Gasteiger charge is -2.34. The van der Waals surface area contributed by atoms with Crippen LogP contribution in [0, 0.1) is 0 Å². The number of hydrogen-bond acceptors (Lipinski definition) is 2. The maximum atomic E-state index is 2.41. The normalized spacial score (nSPS) is 12.7. The molecule has 61 heavy (non-hydrogen) atoms. The lowest BCUT2D eigenvalue weighted by molar-refractivity contribution is 0.768. The minimum Gasteiger partial charge on any atom is -0.310 e. The van der Waals surface area contributed by atoms with Crippen LogP contribution in [0.4, 0.5) is 17.1 Å². The van der Waals surface area contributed by atoms with Crippen LogP contribution in [0.3, 0.4) is 0 Å². The number of fused-ring (bicyclic) bond motifs is 7. The smallest absolute Gasteiger partial charge is 0.0713 e. The number of nitrogens with zero attached hydrogens (tertiary/aromatic N) is 1. The van der Waals surface area contributed by atoms with E-state index < -0.39 is 5.41 Å². The Morgan fingerprint density at radius 3 is 1.62 bits per heavy atom. The summed E-state index contributed by atoms with van der Waals surface area (Å²) in [5, 5.41) is 5.13. The van der Waals surface area contributed by atoms with Crippen LogP contribution >= 0.6 is 11.3 Å². The van der Waals surface area contributed by atoms with Gasteiger partial charge >= 0.3 is 0 Å². The molecule has 286 valence electrons. The summed E-state index contributed by atoms with van der Waals surface area (Å²) in [6, 6.07) is 87.3. The highest BCUT2D eigenvalue weighted by Gasteiger charge is 2.45. The van der Waals surface area contributed by atoms with Crippen molar-refractivity contribution in [3.05, 3.63) is 259 Å². The third-order valence-electron chi connectivity index (χ3n) is 12.8. The molecule has 12 rings (SSSR count). The van der Waals surface area contributed by atoms with Gasteiger partial charge in [0.25, 0.3) is 0 Å². The molecule has 0 bridgehead atoms. The van der Waals surface area contributed by atoms with E-state index >= 15 is 0 Å². The molecule has 1 aliphatic rings. The van der Waals surface area contributed by atoms with Crippen LogP contribution in [-0.2, 0) is 5.41 Å². The van der Waals surface area contributed by atoms with Crippen molar-refractivity contribution < 1.29 is 0 Å². The quantitative estimate of drug-likeness (QED) is 0.155. The fourth-order valence-electron chi connectivity index (χ4n) is 10.0. The van der Waals surface area contributed by atoms with Crippen LogP contribution in [-0.4, -0.2) is 0 Å². The van der Waals surface area contributed by atoms with Crippen molar-refractivity contribution in [1.82, 2.24) is 0 Å². The molecule has 1 heterocycles. The van der Waals surface area contributed by atoms with Crippen LogP contribution in [0.1, 0.15) is 22.3 Å². The van der Waals surface area contributed by atoms with Crippen LogP contribution in [0.5, 0.6) is 0 Å². The zero-order chi connectivity index (χ0) is 40.3. The summed E-state index contributed by atoms with van der Waals surface area (Å²) in [6.07, 6.45) is 0. The van der Waals surface area contributed by atoms with Crippen molar-refractivity contribution in [3.8, 4) is 33.4 Å². The second-order valence-corrected chi connectivity index (χ2v) is 17.1. The average Bonchev–Trinajstić information content (AvgIpc) is 3.86. The first-order valence-electron chi connectivity index (χ1n) is 21.0. The maximum absolute atomic E-state index is 2.41. The molecule has 0 unspecified atom stereocenters. The minimum atomic E-state index is -0.456. The standard InChI is InChI=1S/C59H39NS/c1-2-17-44(18-3-1)59(55-25-9-6-21-51(55)52-22-7-10-26-56(52)59)45-31-35-47(36-32-45)60(46-33-28-41(29-34-46)50-24-13-15-40-14-4-5-20-49(40)50)48-19-12-16-42(38-48)43-30-37-58-54(39-43)53-23-8-11-27-57(53)61-58/h1-39H. The van der Waals surface area contributed by atoms with Gasteiger partial charge in [0.15, 0.2) is 0 Å². The van der Waals surface area contributed by atoms with Crippen molar-refractivity contribution >= 4 is 59.3 Å². The van der Waals surface area contributed by atoms with Gasteiger partial charge in [0.2, 0.25) is 0 Å². The second-order valence-electron chi connectivity index (χ2n) is 16.0. The topological polar surface area (TPSA) is 3.24 Å². The Hall–Kier alpha value is -7.52. The van der Waals surface area contributed by atoms with Crippen LogP contribution in [0.25, 0.3) is 64.3 Å². The van der Waals surface area contributed by atoms with Crippen LogP contribution < -0.4 is 4.90 Å². The zero-order valence-electron chi connectivity index (χ0n) is 33.4. The van der Waals surface area contributed by atoms with E-state index in [-0.39, 0.29) is 0 Å². The molecule has 0 amide bonds. The first-order chi connectivity index (χ1) is 30.2. The van der Waals surface area contributed by atoms with Gasteiger partial charge in [-0.05, 0) is 121 Å².